The minimum absolute atomic E-state index is 0.213. The van der Waals surface area contributed by atoms with Gasteiger partial charge in [0.15, 0.2) is 0 Å². The maximum Gasteiger partial charge on any atom is 0.116 e. The average Bonchev–Trinajstić information content (AvgIpc) is 3.05. The highest BCUT2D eigenvalue weighted by Crippen LogP contribution is 2.03. The quantitative estimate of drug-likeness (QED) is 0.0586. The summed E-state index contributed by atoms with van der Waals surface area (Å²) in [5, 5.41) is 9.83. The first-order valence-electron chi connectivity index (χ1n) is 16.6. The molecule has 1 unspecified atom stereocenters. The molecule has 0 aliphatic rings. The average molecular weight is 669 g/mol. The van der Waals surface area contributed by atoms with Crippen molar-refractivity contribution in [3.8, 4) is 0 Å². The van der Waals surface area contributed by atoms with Crippen molar-refractivity contribution in [3.05, 3.63) is 24.0 Å². The Kier molecular flexibility index (Phi) is 37.3. The zero-order valence-corrected chi connectivity index (χ0v) is 28.9. The fraction of sp³-hybridized carbons (Fsp3) is 0.879. The molecule has 0 radical (unpaired) electrons. The highest BCUT2D eigenvalue weighted by molar-refractivity contribution is 4.88. The van der Waals surface area contributed by atoms with E-state index in [4.69, 9.17) is 56.8 Å². The third kappa shape index (κ3) is 37.3. The second-order valence-corrected chi connectivity index (χ2v) is 9.98. The van der Waals surface area contributed by atoms with Crippen molar-refractivity contribution in [1.82, 2.24) is 0 Å². The smallest absolute Gasteiger partial charge is 0.116 e. The third-order valence-electron chi connectivity index (χ3n) is 5.84. The molecule has 0 heterocycles. The van der Waals surface area contributed by atoms with Gasteiger partial charge in [-0.2, -0.15) is 0 Å². The van der Waals surface area contributed by atoms with E-state index in [1.165, 1.54) is 0 Å². The third-order valence-corrected chi connectivity index (χ3v) is 5.84. The maximum atomic E-state index is 9.83. The van der Waals surface area contributed by atoms with Crippen LogP contribution in [0.15, 0.2) is 24.0 Å². The summed E-state index contributed by atoms with van der Waals surface area (Å²) in [6, 6.07) is 0. The van der Waals surface area contributed by atoms with Gasteiger partial charge in [-0.25, -0.2) is 0 Å². The summed E-state index contributed by atoms with van der Waals surface area (Å²) in [5.41, 5.74) is 1.12. The molecule has 13 heteroatoms. The fourth-order valence-corrected chi connectivity index (χ4v) is 3.31. The molecule has 0 spiro atoms. The molecule has 0 bridgehead atoms. The van der Waals surface area contributed by atoms with Gasteiger partial charge in [0.2, 0.25) is 0 Å². The molecule has 0 rings (SSSR count). The van der Waals surface area contributed by atoms with Crippen LogP contribution in [0.4, 0.5) is 0 Å². The van der Waals surface area contributed by atoms with Crippen molar-refractivity contribution in [2.24, 2.45) is 0 Å². The standard InChI is InChI=1S/C33H64O13/c1-5-33(6-2)46-30-32(34)29-45-28-27-44-26-25-43-24-23-42-22-21-41-20-19-40-18-17-39-16-15-38-14-13-37-12-11-36-10-9-35-8-7-31(3)4/h5,32,34H,3,6-30H2,1-2,4H3/b33-5+. The molecule has 0 aliphatic heterocycles. The van der Waals surface area contributed by atoms with E-state index in [9.17, 15) is 5.11 Å². The molecule has 0 aromatic carbocycles. The number of allylic oxidation sites excluding steroid dienone is 2. The van der Waals surface area contributed by atoms with Gasteiger partial charge in [0, 0.05) is 6.42 Å². The Hall–Kier alpha value is -1.20. The molecule has 0 saturated heterocycles. The van der Waals surface area contributed by atoms with E-state index in [0.717, 1.165) is 24.2 Å². The van der Waals surface area contributed by atoms with Gasteiger partial charge in [-0.15, -0.1) is 6.58 Å². The zero-order valence-electron chi connectivity index (χ0n) is 28.9. The first-order chi connectivity index (χ1) is 22.6. The van der Waals surface area contributed by atoms with E-state index in [2.05, 4.69) is 6.58 Å². The number of aliphatic hydroxyl groups is 1. The second-order valence-electron chi connectivity index (χ2n) is 9.98. The molecule has 274 valence electrons. The minimum atomic E-state index is -0.658. The molecular formula is C33H64O13. The van der Waals surface area contributed by atoms with Crippen LogP contribution in [0.5, 0.6) is 0 Å². The van der Waals surface area contributed by atoms with E-state index in [0.29, 0.717) is 139 Å². The van der Waals surface area contributed by atoms with Crippen LogP contribution >= 0.6 is 0 Å². The highest BCUT2D eigenvalue weighted by Gasteiger charge is 2.06. The Morgan fingerprint density at radius 1 is 0.500 bits per heavy atom. The van der Waals surface area contributed by atoms with E-state index in [1.807, 2.05) is 26.8 Å². The first kappa shape index (κ1) is 44.8. The lowest BCUT2D eigenvalue weighted by Gasteiger charge is -2.14. The summed E-state index contributed by atoms with van der Waals surface area (Å²) in [4.78, 5) is 0. The summed E-state index contributed by atoms with van der Waals surface area (Å²) < 4.78 is 65.5. The normalized spacial score (nSPS) is 12.6. The van der Waals surface area contributed by atoms with Gasteiger partial charge in [-0.1, -0.05) is 12.5 Å². The monoisotopic (exact) mass is 668 g/mol. The van der Waals surface area contributed by atoms with Gasteiger partial charge in [-0.3, -0.25) is 0 Å². The minimum Gasteiger partial charge on any atom is -0.496 e. The van der Waals surface area contributed by atoms with Crippen molar-refractivity contribution in [1.29, 1.82) is 0 Å². The largest absolute Gasteiger partial charge is 0.496 e. The number of aliphatic hydroxyl groups excluding tert-OH is 1. The summed E-state index contributed by atoms with van der Waals surface area (Å²) in [6.45, 7) is 21.0. The van der Waals surface area contributed by atoms with Crippen LogP contribution in [0.25, 0.3) is 0 Å². The lowest BCUT2D eigenvalue weighted by molar-refractivity contribution is -0.0347. The molecular weight excluding hydrogens is 604 g/mol. The lowest BCUT2D eigenvalue weighted by Crippen LogP contribution is -2.23. The van der Waals surface area contributed by atoms with E-state index in [-0.39, 0.29) is 13.2 Å². The Labute approximate surface area is 277 Å². The predicted octanol–water partition coefficient (Wildman–Crippen LogP) is 2.83. The molecule has 0 aromatic heterocycles. The molecule has 0 aliphatic carbocycles. The van der Waals surface area contributed by atoms with Crippen molar-refractivity contribution in [2.75, 3.05) is 152 Å². The molecule has 46 heavy (non-hydrogen) atoms. The molecule has 0 aromatic rings. The molecule has 1 atom stereocenters. The van der Waals surface area contributed by atoms with Crippen molar-refractivity contribution >= 4 is 0 Å². The summed E-state index contributed by atoms with van der Waals surface area (Å²) in [7, 11) is 0. The van der Waals surface area contributed by atoms with E-state index >= 15 is 0 Å². The van der Waals surface area contributed by atoms with Crippen LogP contribution < -0.4 is 0 Å². The highest BCUT2D eigenvalue weighted by atomic mass is 16.6. The van der Waals surface area contributed by atoms with Gasteiger partial charge >= 0.3 is 0 Å². The number of hydrogen-bond acceptors (Lipinski definition) is 13. The summed E-state index contributed by atoms with van der Waals surface area (Å²) >= 11 is 0. The SMILES string of the molecule is C=C(C)CCOCCOCCOCCOCCOCCOCCOCCOCCOCCOCCOCC(O)CO/C(=C/C)CC. The van der Waals surface area contributed by atoms with Gasteiger partial charge in [-0.05, 0) is 26.3 Å². The van der Waals surface area contributed by atoms with Crippen LogP contribution in [-0.4, -0.2) is 163 Å². The van der Waals surface area contributed by atoms with Crippen molar-refractivity contribution in [3.63, 3.8) is 0 Å². The van der Waals surface area contributed by atoms with Gasteiger partial charge in [0.1, 0.15) is 12.7 Å². The van der Waals surface area contributed by atoms with E-state index in [1.54, 1.807) is 0 Å². The first-order valence-corrected chi connectivity index (χ1v) is 16.6. The Morgan fingerprint density at radius 3 is 1.04 bits per heavy atom. The zero-order chi connectivity index (χ0) is 33.6. The van der Waals surface area contributed by atoms with Crippen molar-refractivity contribution < 1.29 is 61.9 Å². The fourth-order valence-electron chi connectivity index (χ4n) is 3.31. The molecule has 0 fully saturated rings. The molecule has 0 amide bonds. The second kappa shape index (κ2) is 38.2. The summed E-state index contributed by atoms with van der Waals surface area (Å²) in [5.74, 6) is 0.865. The number of rotatable bonds is 39. The Morgan fingerprint density at radius 2 is 0.783 bits per heavy atom. The van der Waals surface area contributed by atoms with Gasteiger partial charge in [0.05, 0.1) is 151 Å². The van der Waals surface area contributed by atoms with E-state index < -0.39 is 6.10 Å². The molecule has 13 nitrogen and oxygen atoms in total. The maximum absolute atomic E-state index is 9.83. The van der Waals surface area contributed by atoms with Gasteiger partial charge in [0.25, 0.3) is 0 Å². The Balaban J connectivity index is 3.12. The topological polar surface area (TPSA) is 131 Å². The van der Waals surface area contributed by atoms with Crippen LogP contribution in [-0.2, 0) is 56.8 Å². The Bertz CT molecular complexity index is 651. The van der Waals surface area contributed by atoms with Crippen molar-refractivity contribution in [2.45, 2.75) is 39.7 Å². The van der Waals surface area contributed by atoms with Crippen LogP contribution in [0.1, 0.15) is 33.6 Å². The van der Waals surface area contributed by atoms with Crippen LogP contribution in [0.3, 0.4) is 0 Å². The summed E-state index contributed by atoms with van der Waals surface area (Å²) in [6.07, 6.45) is 2.93. The number of ether oxygens (including phenoxy) is 12. The van der Waals surface area contributed by atoms with Gasteiger partial charge < -0.3 is 61.9 Å². The van der Waals surface area contributed by atoms with Crippen LogP contribution in [0, 0.1) is 0 Å². The lowest BCUT2D eigenvalue weighted by atomic mass is 10.3. The predicted molar refractivity (Wildman–Crippen MR) is 174 cm³/mol. The molecule has 0 saturated carbocycles. The van der Waals surface area contributed by atoms with Crippen LogP contribution in [0.2, 0.25) is 0 Å². The number of hydrogen-bond donors (Lipinski definition) is 1. The molecule has 1 N–H and O–H groups in total.